The SMILES string of the molecule is CC/N=C(\SC)c1ccc2c(c1)Nc1ccccc1S2. The summed E-state index contributed by atoms with van der Waals surface area (Å²) in [5.74, 6) is 0. The highest BCUT2D eigenvalue weighted by Crippen LogP contribution is 2.44. The zero-order valence-electron chi connectivity index (χ0n) is 11.5. The molecule has 1 heterocycles. The first-order chi connectivity index (χ1) is 9.81. The van der Waals surface area contributed by atoms with Crippen LogP contribution in [0.1, 0.15) is 12.5 Å². The lowest BCUT2D eigenvalue weighted by molar-refractivity contribution is 1.14. The van der Waals surface area contributed by atoms with E-state index in [0.29, 0.717) is 0 Å². The molecule has 0 saturated heterocycles. The van der Waals surface area contributed by atoms with Crippen LogP contribution in [0.5, 0.6) is 0 Å². The molecule has 1 aliphatic rings. The second-order valence-electron chi connectivity index (χ2n) is 4.42. The molecule has 0 fully saturated rings. The van der Waals surface area contributed by atoms with E-state index in [1.807, 2.05) is 11.8 Å². The van der Waals surface area contributed by atoms with Crippen molar-refractivity contribution >= 4 is 39.9 Å². The maximum Gasteiger partial charge on any atom is 0.0974 e. The van der Waals surface area contributed by atoms with Crippen LogP contribution in [0.15, 0.2) is 57.2 Å². The van der Waals surface area contributed by atoms with Crippen molar-refractivity contribution in [2.45, 2.75) is 16.7 Å². The molecule has 0 unspecified atom stereocenters. The van der Waals surface area contributed by atoms with Gasteiger partial charge in [0.25, 0.3) is 0 Å². The van der Waals surface area contributed by atoms with E-state index < -0.39 is 0 Å². The third-order valence-corrected chi connectivity index (χ3v) is 5.00. The number of para-hydroxylation sites is 1. The van der Waals surface area contributed by atoms with Crippen LogP contribution in [-0.4, -0.2) is 17.8 Å². The molecule has 2 aromatic rings. The highest BCUT2D eigenvalue weighted by Gasteiger charge is 2.16. The summed E-state index contributed by atoms with van der Waals surface area (Å²) in [5.41, 5.74) is 3.54. The number of fused-ring (bicyclic) bond motifs is 2. The zero-order chi connectivity index (χ0) is 13.9. The van der Waals surface area contributed by atoms with Gasteiger partial charge in [-0.25, -0.2) is 0 Å². The van der Waals surface area contributed by atoms with Gasteiger partial charge < -0.3 is 5.32 Å². The Morgan fingerprint density at radius 2 is 1.95 bits per heavy atom. The van der Waals surface area contributed by atoms with Crippen molar-refractivity contribution in [3.05, 3.63) is 48.0 Å². The van der Waals surface area contributed by atoms with Gasteiger partial charge in [0.15, 0.2) is 0 Å². The minimum atomic E-state index is 0.818. The Morgan fingerprint density at radius 3 is 2.75 bits per heavy atom. The quantitative estimate of drug-likeness (QED) is 0.531. The Bertz CT molecular complexity index is 665. The van der Waals surface area contributed by atoms with Crippen LogP contribution in [0, 0.1) is 0 Å². The minimum Gasteiger partial charge on any atom is -0.354 e. The molecule has 0 aliphatic carbocycles. The first-order valence-corrected chi connectivity index (χ1v) is 8.62. The lowest BCUT2D eigenvalue weighted by Crippen LogP contribution is -2.02. The number of rotatable bonds is 2. The molecule has 0 bridgehead atoms. The molecule has 0 amide bonds. The monoisotopic (exact) mass is 300 g/mol. The number of hydrogen-bond acceptors (Lipinski definition) is 4. The lowest BCUT2D eigenvalue weighted by atomic mass is 10.2. The largest absolute Gasteiger partial charge is 0.354 e. The van der Waals surface area contributed by atoms with Crippen LogP contribution in [0.2, 0.25) is 0 Å². The minimum absolute atomic E-state index is 0.818. The summed E-state index contributed by atoms with van der Waals surface area (Å²) in [5, 5.41) is 4.61. The van der Waals surface area contributed by atoms with Gasteiger partial charge >= 0.3 is 0 Å². The summed E-state index contributed by atoms with van der Waals surface area (Å²) in [6.45, 7) is 2.89. The van der Waals surface area contributed by atoms with Crippen molar-refractivity contribution in [2.75, 3.05) is 18.1 Å². The molecule has 102 valence electrons. The Balaban J connectivity index is 1.98. The van der Waals surface area contributed by atoms with Crippen molar-refractivity contribution in [3.63, 3.8) is 0 Å². The third kappa shape index (κ3) is 2.58. The number of aliphatic imine (C=N–C) groups is 1. The van der Waals surface area contributed by atoms with Crippen LogP contribution in [0.3, 0.4) is 0 Å². The molecular weight excluding hydrogens is 284 g/mol. The summed E-state index contributed by atoms with van der Waals surface area (Å²) >= 11 is 3.51. The van der Waals surface area contributed by atoms with E-state index >= 15 is 0 Å². The van der Waals surface area contributed by atoms with Crippen LogP contribution < -0.4 is 5.32 Å². The van der Waals surface area contributed by atoms with Gasteiger partial charge in [0.2, 0.25) is 0 Å². The second-order valence-corrected chi connectivity index (χ2v) is 6.30. The molecule has 0 spiro atoms. The number of nitrogens with one attached hydrogen (secondary N) is 1. The van der Waals surface area contributed by atoms with Gasteiger partial charge in [-0.15, -0.1) is 11.8 Å². The summed E-state index contributed by atoms with van der Waals surface area (Å²) in [7, 11) is 0. The fourth-order valence-corrected chi connectivity index (χ4v) is 3.78. The average molecular weight is 300 g/mol. The normalized spacial score (nSPS) is 13.4. The van der Waals surface area contributed by atoms with Crippen molar-refractivity contribution in [2.24, 2.45) is 4.99 Å². The zero-order valence-corrected chi connectivity index (χ0v) is 13.1. The Kier molecular flexibility index (Phi) is 4.03. The van der Waals surface area contributed by atoms with Crippen molar-refractivity contribution < 1.29 is 0 Å². The van der Waals surface area contributed by atoms with Crippen molar-refractivity contribution in [1.29, 1.82) is 0 Å². The molecule has 2 aromatic carbocycles. The number of hydrogen-bond donors (Lipinski definition) is 1. The highest BCUT2D eigenvalue weighted by atomic mass is 32.2. The Labute approximate surface area is 128 Å². The van der Waals surface area contributed by atoms with Crippen molar-refractivity contribution in [1.82, 2.24) is 0 Å². The van der Waals surface area contributed by atoms with E-state index in [1.165, 1.54) is 26.7 Å². The number of nitrogens with zero attached hydrogens (tertiary/aromatic N) is 1. The summed E-state index contributed by atoms with van der Waals surface area (Å²) in [6.07, 6.45) is 2.07. The average Bonchev–Trinajstić information content (AvgIpc) is 2.50. The standard InChI is InChI=1S/C16H16N2S2/c1-3-17-16(19-2)11-8-9-15-13(10-11)18-12-6-4-5-7-14(12)20-15/h4-10,18H,3H2,1-2H3/b17-16-. The molecule has 0 saturated carbocycles. The van der Waals surface area contributed by atoms with Gasteiger partial charge in [-0.2, -0.15) is 0 Å². The first kappa shape index (κ1) is 13.6. The maximum absolute atomic E-state index is 4.55. The maximum atomic E-state index is 4.55. The van der Waals surface area contributed by atoms with Gasteiger partial charge in [-0.1, -0.05) is 30.0 Å². The van der Waals surface area contributed by atoms with E-state index in [-0.39, 0.29) is 0 Å². The predicted octanol–water partition coefficient (Wildman–Crippen LogP) is 5.02. The van der Waals surface area contributed by atoms with E-state index in [0.717, 1.165) is 11.6 Å². The smallest absolute Gasteiger partial charge is 0.0974 e. The molecule has 0 atom stereocenters. The molecule has 20 heavy (non-hydrogen) atoms. The summed E-state index contributed by atoms with van der Waals surface area (Å²) < 4.78 is 0. The number of benzene rings is 2. The van der Waals surface area contributed by atoms with E-state index in [9.17, 15) is 0 Å². The second kappa shape index (κ2) is 5.94. The number of anilines is 2. The molecule has 0 aromatic heterocycles. The molecule has 2 nitrogen and oxygen atoms in total. The van der Waals surface area contributed by atoms with Gasteiger partial charge in [-0.05, 0) is 37.4 Å². The van der Waals surface area contributed by atoms with E-state index in [2.05, 4.69) is 66.0 Å². The molecular formula is C16H16N2S2. The summed E-state index contributed by atoms with van der Waals surface area (Å²) in [4.78, 5) is 7.10. The van der Waals surface area contributed by atoms with Crippen LogP contribution in [0.4, 0.5) is 11.4 Å². The van der Waals surface area contributed by atoms with Gasteiger partial charge in [-0.3, -0.25) is 4.99 Å². The third-order valence-electron chi connectivity index (χ3n) is 3.10. The number of thioether (sulfide) groups is 1. The van der Waals surface area contributed by atoms with Gasteiger partial charge in [0.05, 0.1) is 16.4 Å². The van der Waals surface area contributed by atoms with Crippen LogP contribution in [0.25, 0.3) is 0 Å². The van der Waals surface area contributed by atoms with Gasteiger partial charge in [0.1, 0.15) is 0 Å². The Morgan fingerprint density at radius 1 is 1.15 bits per heavy atom. The fourth-order valence-electron chi connectivity index (χ4n) is 2.19. The Hall–Kier alpha value is -1.39. The van der Waals surface area contributed by atoms with E-state index in [4.69, 9.17) is 0 Å². The topological polar surface area (TPSA) is 24.4 Å². The fraction of sp³-hybridized carbons (Fsp3) is 0.188. The van der Waals surface area contributed by atoms with Crippen molar-refractivity contribution in [3.8, 4) is 0 Å². The molecule has 0 radical (unpaired) electrons. The summed E-state index contributed by atoms with van der Waals surface area (Å²) in [6, 6.07) is 14.9. The first-order valence-electron chi connectivity index (χ1n) is 6.58. The molecule has 1 aliphatic heterocycles. The van der Waals surface area contributed by atoms with Crippen LogP contribution >= 0.6 is 23.5 Å². The highest BCUT2D eigenvalue weighted by molar-refractivity contribution is 8.13. The predicted molar refractivity (Wildman–Crippen MR) is 90.9 cm³/mol. The molecule has 1 N–H and O–H groups in total. The molecule has 4 heteroatoms. The molecule has 3 rings (SSSR count). The van der Waals surface area contributed by atoms with E-state index in [1.54, 1.807) is 11.8 Å². The van der Waals surface area contributed by atoms with Crippen LogP contribution in [-0.2, 0) is 0 Å². The van der Waals surface area contributed by atoms with Gasteiger partial charge in [0, 0.05) is 21.9 Å². The lowest BCUT2D eigenvalue weighted by Gasteiger charge is -2.21.